The number of thiophene rings is 1. The van der Waals surface area contributed by atoms with E-state index in [0.717, 1.165) is 32.4 Å². The summed E-state index contributed by atoms with van der Waals surface area (Å²) in [7, 11) is 1.63. The molecule has 0 atom stereocenters. The van der Waals surface area contributed by atoms with E-state index in [4.69, 9.17) is 16.3 Å². The molecule has 0 saturated carbocycles. The van der Waals surface area contributed by atoms with Crippen molar-refractivity contribution in [3.63, 3.8) is 0 Å². The molecule has 3 aromatic carbocycles. The largest absolute Gasteiger partial charge is 0.497 e. The fourth-order valence-electron chi connectivity index (χ4n) is 3.60. The number of aromatic nitrogens is 1. The molecule has 1 N–H and O–H groups in total. The van der Waals surface area contributed by atoms with E-state index < -0.39 is 0 Å². The van der Waals surface area contributed by atoms with E-state index >= 15 is 0 Å². The number of amides is 1. The number of carbonyl (C=O) groups is 2. The number of methoxy groups -OCH3 is 1. The summed E-state index contributed by atoms with van der Waals surface area (Å²) in [5.41, 5.74) is 2.86. The van der Waals surface area contributed by atoms with Gasteiger partial charge in [0.1, 0.15) is 10.6 Å². The quantitative estimate of drug-likeness (QED) is 0.197. The molecule has 0 fully saturated rings. The Balaban J connectivity index is 1.29. The average Bonchev–Trinajstić information content (AvgIpc) is 3.30. The van der Waals surface area contributed by atoms with Gasteiger partial charge in [0, 0.05) is 27.0 Å². The van der Waals surface area contributed by atoms with Gasteiger partial charge in [-0.05, 0) is 78.4 Å². The third-order valence-corrected chi connectivity index (χ3v) is 6.75. The Morgan fingerprint density at radius 1 is 0.943 bits per heavy atom. The van der Waals surface area contributed by atoms with Crippen molar-refractivity contribution < 1.29 is 14.3 Å². The minimum absolute atomic E-state index is 0.128. The first-order valence-electron chi connectivity index (χ1n) is 10.8. The minimum Gasteiger partial charge on any atom is -0.497 e. The summed E-state index contributed by atoms with van der Waals surface area (Å²) in [5, 5.41) is 5.38. The predicted octanol–water partition coefficient (Wildman–Crippen LogP) is 7.26. The van der Waals surface area contributed by atoms with Crippen LogP contribution in [0.5, 0.6) is 5.75 Å². The summed E-state index contributed by atoms with van der Waals surface area (Å²) < 4.78 is 5.29. The molecule has 0 aliphatic rings. The van der Waals surface area contributed by atoms with Crippen LogP contribution in [-0.4, -0.2) is 23.8 Å². The molecule has 0 saturated heterocycles. The lowest BCUT2D eigenvalue weighted by atomic mass is 10.1. The number of ether oxygens (including phenoxy) is 1. The van der Waals surface area contributed by atoms with Crippen molar-refractivity contribution in [2.24, 2.45) is 0 Å². The Labute approximate surface area is 210 Å². The highest BCUT2D eigenvalue weighted by atomic mass is 35.5. The van der Waals surface area contributed by atoms with Crippen LogP contribution < -0.4 is 10.1 Å². The number of nitrogens with one attached hydrogen (secondary N) is 1. The number of ketones is 1. The zero-order valence-corrected chi connectivity index (χ0v) is 20.2. The normalized spacial score (nSPS) is 11.3. The molecular formula is C28H19ClN2O3S. The number of halogens is 1. The van der Waals surface area contributed by atoms with Crippen molar-refractivity contribution in [3.05, 3.63) is 106 Å². The molecular weight excluding hydrogens is 480 g/mol. The topological polar surface area (TPSA) is 68.3 Å². The van der Waals surface area contributed by atoms with E-state index in [-0.39, 0.29) is 11.7 Å². The van der Waals surface area contributed by atoms with Gasteiger partial charge < -0.3 is 10.1 Å². The van der Waals surface area contributed by atoms with Crippen LogP contribution in [0.25, 0.3) is 27.2 Å². The van der Waals surface area contributed by atoms with Gasteiger partial charge in [-0.25, -0.2) is 4.98 Å². The van der Waals surface area contributed by atoms with Gasteiger partial charge in [-0.1, -0.05) is 29.8 Å². The summed E-state index contributed by atoms with van der Waals surface area (Å²) in [6.07, 6.45) is 3.25. The number of nitrogens with zero attached hydrogens (tertiary/aromatic N) is 1. The fraction of sp³-hybridized carbons (Fsp3) is 0.0357. The third-order valence-electron chi connectivity index (χ3n) is 5.46. The smallest absolute Gasteiger partial charge is 0.265 e. The molecule has 35 heavy (non-hydrogen) atoms. The third kappa shape index (κ3) is 5.09. The highest BCUT2D eigenvalue weighted by Gasteiger charge is 2.13. The summed E-state index contributed by atoms with van der Waals surface area (Å²) in [5.74, 6) is 0.405. The van der Waals surface area contributed by atoms with Crippen molar-refractivity contribution in [1.29, 1.82) is 0 Å². The van der Waals surface area contributed by atoms with Gasteiger partial charge in [0.05, 0.1) is 17.5 Å². The van der Waals surface area contributed by atoms with Crippen molar-refractivity contribution in [2.75, 3.05) is 12.4 Å². The zero-order valence-electron chi connectivity index (χ0n) is 18.6. The van der Waals surface area contributed by atoms with Crippen molar-refractivity contribution >= 4 is 67.5 Å². The maximum absolute atomic E-state index is 12.8. The number of benzene rings is 3. The number of allylic oxidation sites excluding steroid dienone is 1. The van der Waals surface area contributed by atoms with Gasteiger partial charge >= 0.3 is 0 Å². The van der Waals surface area contributed by atoms with E-state index in [1.54, 1.807) is 49.6 Å². The van der Waals surface area contributed by atoms with E-state index in [1.165, 1.54) is 17.4 Å². The van der Waals surface area contributed by atoms with Crippen LogP contribution in [-0.2, 0) is 0 Å². The Bertz CT molecular complexity index is 1590. The first-order valence-corrected chi connectivity index (χ1v) is 12.0. The van der Waals surface area contributed by atoms with Crippen LogP contribution in [0.15, 0.2) is 84.9 Å². The fourth-order valence-corrected chi connectivity index (χ4v) is 4.65. The average molecular weight is 499 g/mol. The molecule has 5 rings (SSSR count). The van der Waals surface area contributed by atoms with Gasteiger partial charge in [-0.2, -0.15) is 0 Å². The Hall–Kier alpha value is -4.00. The van der Waals surface area contributed by atoms with Crippen LogP contribution >= 0.6 is 22.9 Å². The summed E-state index contributed by atoms with van der Waals surface area (Å²) in [6, 6.07) is 23.6. The van der Waals surface area contributed by atoms with Crippen LogP contribution in [0.2, 0.25) is 5.02 Å². The van der Waals surface area contributed by atoms with Gasteiger partial charge in [-0.3, -0.25) is 9.59 Å². The SMILES string of the molecule is COc1ccc2nc3sc(C(=O)Nc4ccc(C(=O)/C=C/c5ccc(Cl)cc5)cc4)cc3cc2c1. The molecule has 1 amide bonds. The van der Waals surface area contributed by atoms with Gasteiger partial charge in [0.25, 0.3) is 5.91 Å². The molecule has 5 nitrogen and oxygen atoms in total. The highest BCUT2D eigenvalue weighted by Crippen LogP contribution is 2.29. The van der Waals surface area contributed by atoms with Gasteiger partial charge in [0.15, 0.2) is 5.78 Å². The number of carbonyl (C=O) groups excluding carboxylic acids is 2. The molecule has 0 radical (unpaired) electrons. The molecule has 0 spiro atoms. The van der Waals surface area contributed by atoms with E-state index in [9.17, 15) is 9.59 Å². The van der Waals surface area contributed by atoms with Crippen LogP contribution in [0.4, 0.5) is 5.69 Å². The highest BCUT2D eigenvalue weighted by molar-refractivity contribution is 7.20. The number of hydrogen-bond acceptors (Lipinski definition) is 5. The Morgan fingerprint density at radius 2 is 1.71 bits per heavy atom. The molecule has 172 valence electrons. The molecule has 0 bridgehead atoms. The zero-order chi connectivity index (χ0) is 24.4. The second kappa shape index (κ2) is 9.70. The first kappa shape index (κ1) is 22.8. The van der Waals surface area contributed by atoms with Crippen molar-refractivity contribution in [2.45, 2.75) is 0 Å². The second-order valence-corrected chi connectivity index (χ2v) is 9.30. The number of pyridine rings is 1. The molecule has 2 heterocycles. The molecule has 7 heteroatoms. The molecule has 5 aromatic rings. The Morgan fingerprint density at radius 3 is 2.46 bits per heavy atom. The van der Waals surface area contributed by atoms with Gasteiger partial charge in [-0.15, -0.1) is 11.3 Å². The molecule has 0 unspecified atom stereocenters. The van der Waals surface area contributed by atoms with Crippen molar-refractivity contribution in [1.82, 2.24) is 4.98 Å². The van der Waals surface area contributed by atoms with E-state index in [2.05, 4.69) is 10.3 Å². The van der Waals surface area contributed by atoms with Gasteiger partial charge in [0.2, 0.25) is 0 Å². The summed E-state index contributed by atoms with van der Waals surface area (Å²) in [6.45, 7) is 0. The predicted molar refractivity (Wildman–Crippen MR) is 143 cm³/mol. The van der Waals surface area contributed by atoms with Crippen LogP contribution in [0.1, 0.15) is 25.6 Å². The minimum atomic E-state index is -0.226. The van der Waals surface area contributed by atoms with Crippen LogP contribution in [0, 0.1) is 0 Å². The number of fused-ring (bicyclic) bond motifs is 2. The lowest BCUT2D eigenvalue weighted by Gasteiger charge is -2.04. The molecule has 0 aliphatic carbocycles. The molecule has 0 aliphatic heterocycles. The number of anilines is 1. The monoisotopic (exact) mass is 498 g/mol. The van der Waals surface area contributed by atoms with Crippen LogP contribution in [0.3, 0.4) is 0 Å². The van der Waals surface area contributed by atoms with E-state index in [1.807, 2.05) is 42.5 Å². The van der Waals surface area contributed by atoms with E-state index in [0.29, 0.717) is 21.2 Å². The molecule has 2 aromatic heterocycles. The van der Waals surface area contributed by atoms with Crippen molar-refractivity contribution in [3.8, 4) is 5.75 Å². The summed E-state index contributed by atoms with van der Waals surface area (Å²) >= 11 is 7.22. The first-order chi connectivity index (χ1) is 17.0. The Kier molecular flexibility index (Phi) is 6.31. The maximum Gasteiger partial charge on any atom is 0.265 e. The number of hydrogen-bond donors (Lipinski definition) is 1. The summed E-state index contributed by atoms with van der Waals surface area (Å²) in [4.78, 5) is 31.3. The number of rotatable bonds is 6. The lowest BCUT2D eigenvalue weighted by molar-refractivity contribution is 0.102. The standard InChI is InChI=1S/C28H19ClN2O3S/c1-34-23-11-12-24-19(15-23)14-20-16-26(35-28(20)31-24)27(33)30-22-9-5-18(6-10-22)25(32)13-4-17-2-7-21(29)8-3-17/h2-16H,1H3,(H,30,33)/b13-4+. The maximum atomic E-state index is 12.8. The second-order valence-electron chi connectivity index (χ2n) is 7.83. The lowest BCUT2D eigenvalue weighted by Crippen LogP contribution is -2.10.